The van der Waals surface area contributed by atoms with Gasteiger partial charge < -0.3 is 23.5 Å². The van der Waals surface area contributed by atoms with Crippen LogP contribution >= 0.6 is 0 Å². The first-order valence-electron chi connectivity index (χ1n) is 11.6. The number of aromatic nitrogens is 2. The van der Waals surface area contributed by atoms with Gasteiger partial charge in [0.25, 0.3) is 10.0 Å². The molecule has 2 aromatic heterocycles. The predicted octanol–water partition coefficient (Wildman–Crippen LogP) is 4.17. The van der Waals surface area contributed by atoms with Crippen molar-refractivity contribution < 1.29 is 36.7 Å². The summed E-state index contributed by atoms with van der Waals surface area (Å²) >= 11 is 0. The van der Waals surface area contributed by atoms with E-state index in [1.807, 2.05) is 0 Å². The highest BCUT2D eigenvalue weighted by Crippen LogP contribution is 2.34. The Labute approximate surface area is 219 Å². The molecule has 0 bridgehead atoms. The van der Waals surface area contributed by atoms with Gasteiger partial charge in [0.05, 0.1) is 37.0 Å². The Balaban J connectivity index is 1.69. The van der Waals surface area contributed by atoms with Gasteiger partial charge in [-0.15, -0.1) is 0 Å². The number of nitrogens with zero attached hydrogens (tertiary/aromatic N) is 3. The van der Waals surface area contributed by atoms with E-state index in [4.69, 9.17) is 23.5 Å². The molecule has 1 N–H and O–H groups in total. The van der Waals surface area contributed by atoms with Gasteiger partial charge in [0.15, 0.2) is 5.69 Å². The monoisotopic (exact) mass is 541 g/mol. The third-order valence-electron chi connectivity index (χ3n) is 5.85. The van der Waals surface area contributed by atoms with Crippen molar-refractivity contribution in [3.8, 4) is 22.6 Å². The number of sulfonamides is 1. The van der Waals surface area contributed by atoms with Crippen LogP contribution in [-0.4, -0.2) is 63.1 Å². The number of methoxy groups -OCH3 is 1. The highest BCUT2D eigenvalue weighted by Gasteiger charge is 2.32. The average molecular weight is 542 g/mol. The van der Waals surface area contributed by atoms with Crippen LogP contribution in [0.25, 0.3) is 22.6 Å². The van der Waals surface area contributed by atoms with Crippen LogP contribution in [0.2, 0.25) is 0 Å². The molecule has 0 unspecified atom stereocenters. The normalized spacial score (nSPS) is 11.6. The number of ether oxygens (including phenoxy) is 2. The molecule has 0 aliphatic carbocycles. The number of hydrogen-bond acceptors (Lipinski definition) is 9. The predicted molar refractivity (Wildman–Crippen MR) is 138 cm³/mol. The number of rotatable bonds is 12. The van der Waals surface area contributed by atoms with Gasteiger partial charge in [-0.3, -0.25) is 0 Å². The maximum atomic E-state index is 14.0. The van der Waals surface area contributed by atoms with Crippen molar-refractivity contribution in [1.82, 2.24) is 10.1 Å². The molecule has 4 rings (SSSR count). The van der Waals surface area contributed by atoms with Crippen LogP contribution in [-0.2, 0) is 19.5 Å². The Bertz CT molecular complexity index is 1510. The van der Waals surface area contributed by atoms with Crippen molar-refractivity contribution >= 4 is 21.9 Å². The van der Waals surface area contributed by atoms with Gasteiger partial charge in [-0.05, 0) is 37.6 Å². The molecule has 11 nitrogen and oxygen atoms in total. The van der Waals surface area contributed by atoms with Crippen LogP contribution < -0.4 is 4.31 Å². The zero-order valence-corrected chi connectivity index (χ0v) is 21.9. The molecule has 12 heteroatoms. The number of carbonyl (C=O) groups is 1. The summed E-state index contributed by atoms with van der Waals surface area (Å²) in [5.74, 6) is -0.923. The Morgan fingerprint density at radius 2 is 1.74 bits per heavy atom. The van der Waals surface area contributed by atoms with E-state index in [2.05, 4.69) is 10.1 Å². The molecule has 0 saturated carbocycles. The number of aryl methyl sites for hydroxylation is 1. The molecule has 2 heterocycles. The van der Waals surface area contributed by atoms with Crippen molar-refractivity contribution in [3.05, 3.63) is 71.7 Å². The first-order valence-corrected chi connectivity index (χ1v) is 13.1. The van der Waals surface area contributed by atoms with E-state index in [0.29, 0.717) is 41.2 Å². The largest absolute Gasteiger partial charge is 0.476 e. The van der Waals surface area contributed by atoms with Crippen LogP contribution in [0, 0.1) is 13.8 Å². The maximum Gasteiger partial charge on any atom is 0.357 e. The molecule has 0 aliphatic heterocycles. The fraction of sp³-hybridized carbons (Fsp3) is 0.269. The summed E-state index contributed by atoms with van der Waals surface area (Å²) < 4.78 is 50.5. The summed E-state index contributed by atoms with van der Waals surface area (Å²) in [6.07, 6.45) is 1.06. The SMILES string of the molecule is COCCOCCN(c1onc(C)c1C)S(=O)(=O)c1ccccc1-c1ccc(-c2nc(C(=O)O)co2)cc1. The minimum Gasteiger partial charge on any atom is -0.476 e. The Hall–Kier alpha value is -4.00. The summed E-state index contributed by atoms with van der Waals surface area (Å²) in [6.45, 7) is 4.32. The third-order valence-corrected chi connectivity index (χ3v) is 7.69. The molecular formula is C26H27N3O8S. The van der Waals surface area contributed by atoms with Crippen LogP contribution in [0.3, 0.4) is 0 Å². The highest BCUT2D eigenvalue weighted by atomic mass is 32.2. The summed E-state index contributed by atoms with van der Waals surface area (Å²) in [6, 6.07) is 13.4. The van der Waals surface area contributed by atoms with Gasteiger partial charge in [-0.1, -0.05) is 35.5 Å². The molecule has 0 aliphatic rings. The van der Waals surface area contributed by atoms with Crippen molar-refractivity contribution in [2.75, 3.05) is 37.8 Å². The number of aromatic carboxylic acids is 1. The molecule has 200 valence electrons. The van der Waals surface area contributed by atoms with Gasteiger partial charge in [-0.25, -0.2) is 22.5 Å². The topological polar surface area (TPSA) is 145 Å². The fourth-order valence-corrected chi connectivity index (χ4v) is 5.36. The molecule has 38 heavy (non-hydrogen) atoms. The van der Waals surface area contributed by atoms with Crippen LogP contribution in [0.1, 0.15) is 21.7 Å². The van der Waals surface area contributed by atoms with E-state index >= 15 is 0 Å². The number of carboxylic acid groups (broad SMARTS) is 1. The highest BCUT2D eigenvalue weighted by molar-refractivity contribution is 7.93. The second-order valence-corrected chi connectivity index (χ2v) is 10.1. The van der Waals surface area contributed by atoms with Crippen molar-refractivity contribution in [2.24, 2.45) is 0 Å². The lowest BCUT2D eigenvalue weighted by Crippen LogP contribution is -2.35. The van der Waals surface area contributed by atoms with E-state index in [0.717, 1.165) is 6.26 Å². The van der Waals surface area contributed by atoms with Crippen LogP contribution in [0.4, 0.5) is 5.88 Å². The first-order chi connectivity index (χ1) is 18.2. The molecule has 2 aromatic carbocycles. The van der Waals surface area contributed by atoms with E-state index in [1.54, 1.807) is 63.4 Å². The summed E-state index contributed by atoms with van der Waals surface area (Å²) in [5, 5.41) is 13.0. The van der Waals surface area contributed by atoms with Crippen LogP contribution in [0.5, 0.6) is 0 Å². The lowest BCUT2D eigenvalue weighted by atomic mass is 10.0. The molecule has 0 spiro atoms. The lowest BCUT2D eigenvalue weighted by Gasteiger charge is -2.23. The van der Waals surface area contributed by atoms with Crippen molar-refractivity contribution in [1.29, 1.82) is 0 Å². The van der Waals surface area contributed by atoms with Gasteiger partial charge in [0.2, 0.25) is 11.8 Å². The lowest BCUT2D eigenvalue weighted by molar-refractivity contribution is 0.0690. The average Bonchev–Trinajstić information content (AvgIpc) is 3.54. The van der Waals surface area contributed by atoms with E-state index in [1.165, 1.54) is 10.4 Å². The Kier molecular flexibility index (Phi) is 8.25. The summed E-state index contributed by atoms with van der Waals surface area (Å²) in [5.41, 5.74) is 2.63. The number of benzene rings is 2. The second-order valence-electron chi connectivity index (χ2n) is 8.30. The standard InChI is InChI=1S/C26H27N3O8S/c1-17-18(2)28-37-25(17)29(12-13-35-15-14-34-3)38(32,33)23-7-5-4-6-21(23)19-8-10-20(11-9-19)24-27-22(16-36-24)26(30)31/h4-11,16H,12-15H2,1-3H3,(H,30,31). The molecule has 0 saturated heterocycles. The van der Waals surface area contributed by atoms with E-state index < -0.39 is 16.0 Å². The number of carboxylic acids is 1. The van der Waals surface area contributed by atoms with Crippen molar-refractivity contribution in [3.63, 3.8) is 0 Å². The minimum atomic E-state index is -4.11. The number of oxazole rings is 1. The molecule has 0 radical (unpaired) electrons. The summed E-state index contributed by atoms with van der Waals surface area (Å²) in [7, 11) is -2.55. The summed E-state index contributed by atoms with van der Waals surface area (Å²) in [4.78, 5) is 15.1. The van der Waals surface area contributed by atoms with Gasteiger partial charge in [0, 0.05) is 23.8 Å². The van der Waals surface area contributed by atoms with Crippen molar-refractivity contribution in [2.45, 2.75) is 18.7 Å². The smallest absolute Gasteiger partial charge is 0.357 e. The third kappa shape index (κ3) is 5.62. The van der Waals surface area contributed by atoms with Gasteiger partial charge in [-0.2, -0.15) is 0 Å². The zero-order chi connectivity index (χ0) is 27.3. The molecule has 0 atom stereocenters. The first kappa shape index (κ1) is 27.0. The van der Waals surface area contributed by atoms with E-state index in [9.17, 15) is 13.2 Å². The molecule has 4 aromatic rings. The van der Waals surface area contributed by atoms with Gasteiger partial charge >= 0.3 is 5.97 Å². The van der Waals surface area contributed by atoms with Gasteiger partial charge in [0.1, 0.15) is 6.26 Å². The quantitative estimate of drug-likeness (QED) is 0.259. The molecule has 0 fully saturated rings. The minimum absolute atomic E-state index is 0.00483. The Morgan fingerprint density at radius 3 is 2.37 bits per heavy atom. The molecule has 0 amide bonds. The van der Waals surface area contributed by atoms with E-state index in [-0.39, 0.29) is 35.5 Å². The zero-order valence-electron chi connectivity index (χ0n) is 21.1. The number of anilines is 1. The fourth-order valence-electron chi connectivity index (χ4n) is 3.70. The maximum absolute atomic E-state index is 14.0. The number of hydrogen-bond donors (Lipinski definition) is 1. The Morgan fingerprint density at radius 1 is 1.03 bits per heavy atom. The molecular weight excluding hydrogens is 514 g/mol. The second kappa shape index (κ2) is 11.6. The van der Waals surface area contributed by atoms with Crippen LogP contribution in [0.15, 0.2) is 68.6 Å².